The van der Waals surface area contributed by atoms with Gasteiger partial charge in [-0.2, -0.15) is 0 Å². The van der Waals surface area contributed by atoms with Crippen molar-refractivity contribution in [3.63, 3.8) is 0 Å². The van der Waals surface area contributed by atoms with Crippen LogP contribution in [0.4, 0.5) is 17.1 Å². The molecule has 1 aliphatic carbocycles. The largest absolute Gasteiger partial charge is 0.309 e. The summed E-state index contributed by atoms with van der Waals surface area (Å²) in [4.78, 5) is 2.52. The molecule has 0 fully saturated rings. The molecule has 76 heavy (non-hydrogen) atoms. The SMILES string of the molecule is c1ccc(-c2ccc(N(c3ccc(-c4ccc5c(c4)c(-c4ccccc4)c(-c4ccccc4)c4ccccc45)cc3)c3cccc4c3-c3ccccc3C4(c3ccccc3)c3ccccc3)c(-c3ccccc3)c2)cc1. The van der Waals surface area contributed by atoms with Gasteiger partial charge < -0.3 is 4.90 Å². The van der Waals surface area contributed by atoms with Crippen molar-refractivity contribution in [2.45, 2.75) is 5.41 Å². The molecular weight excluding hydrogens is 915 g/mol. The van der Waals surface area contributed by atoms with Crippen molar-refractivity contribution in [2.24, 2.45) is 0 Å². The molecular formula is C75H51N. The molecule has 0 saturated heterocycles. The molecule has 14 rings (SSSR count). The minimum Gasteiger partial charge on any atom is -0.309 e. The highest BCUT2D eigenvalue weighted by Gasteiger charge is 2.47. The number of benzene rings is 13. The first kappa shape index (κ1) is 44.8. The highest BCUT2D eigenvalue weighted by Crippen LogP contribution is 2.60. The van der Waals surface area contributed by atoms with E-state index in [-0.39, 0.29) is 0 Å². The average Bonchev–Trinajstić information content (AvgIpc) is 3.98. The maximum Gasteiger partial charge on any atom is 0.0714 e. The van der Waals surface area contributed by atoms with Gasteiger partial charge >= 0.3 is 0 Å². The van der Waals surface area contributed by atoms with E-state index in [9.17, 15) is 0 Å². The van der Waals surface area contributed by atoms with Crippen LogP contribution < -0.4 is 4.90 Å². The maximum atomic E-state index is 2.52. The van der Waals surface area contributed by atoms with Gasteiger partial charge in [0.2, 0.25) is 0 Å². The van der Waals surface area contributed by atoms with E-state index in [1.807, 2.05) is 0 Å². The fourth-order valence-electron chi connectivity index (χ4n) is 12.4. The second-order valence-corrected chi connectivity index (χ2v) is 19.9. The Bertz CT molecular complexity index is 4190. The zero-order valence-corrected chi connectivity index (χ0v) is 41.9. The van der Waals surface area contributed by atoms with Gasteiger partial charge in [0.25, 0.3) is 0 Å². The summed E-state index contributed by atoms with van der Waals surface area (Å²) in [5, 5.41) is 4.98. The molecule has 1 heteroatoms. The minimum atomic E-state index is -0.556. The summed E-state index contributed by atoms with van der Waals surface area (Å²) in [7, 11) is 0. The van der Waals surface area contributed by atoms with Crippen molar-refractivity contribution < 1.29 is 0 Å². The topological polar surface area (TPSA) is 3.24 Å². The molecule has 0 radical (unpaired) electrons. The summed E-state index contributed by atoms with van der Waals surface area (Å²) < 4.78 is 0. The molecule has 0 amide bonds. The predicted octanol–water partition coefficient (Wildman–Crippen LogP) is 20.2. The van der Waals surface area contributed by atoms with E-state index < -0.39 is 5.41 Å². The molecule has 0 heterocycles. The molecule has 356 valence electrons. The van der Waals surface area contributed by atoms with Crippen LogP contribution in [0, 0.1) is 0 Å². The molecule has 0 aliphatic heterocycles. The van der Waals surface area contributed by atoms with E-state index in [0.29, 0.717) is 0 Å². The van der Waals surface area contributed by atoms with Crippen molar-refractivity contribution >= 4 is 38.6 Å². The van der Waals surface area contributed by atoms with Gasteiger partial charge in [-0.15, -0.1) is 0 Å². The Morgan fingerprint density at radius 1 is 0.224 bits per heavy atom. The van der Waals surface area contributed by atoms with Crippen LogP contribution in [0.25, 0.3) is 88.3 Å². The Kier molecular flexibility index (Phi) is 11.2. The second kappa shape index (κ2) is 18.9. The zero-order valence-electron chi connectivity index (χ0n) is 41.9. The Balaban J connectivity index is 1.01. The Hall–Kier alpha value is -9.82. The normalized spacial score (nSPS) is 12.3. The number of rotatable bonds is 10. The van der Waals surface area contributed by atoms with Crippen LogP contribution in [0.1, 0.15) is 22.3 Å². The summed E-state index contributed by atoms with van der Waals surface area (Å²) in [5.74, 6) is 0. The number of hydrogen-bond donors (Lipinski definition) is 0. The average molecular weight is 966 g/mol. The van der Waals surface area contributed by atoms with Gasteiger partial charge in [-0.1, -0.05) is 273 Å². The van der Waals surface area contributed by atoms with E-state index in [1.165, 1.54) is 93.9 Å². The molecule has 0 unspecified atom stereocenters. The number of hydrogen-bond acceptors (Lipinski definition) is 1. The smallest absolute Gasteiger partial charge is 0.0714 e. The molecule has 0 bridgehead atoms. The van der Waals surface area contributed by atoms with Crippen LogP contribution >= 0.6 is 0 Å². The third-order valence-electron chi connectivity index (χ3n) is 15.7. The molecule has 0 aromatic heterocycles. The van der Waals surface area contributed by atoms with E-state index >= 15 is 0 Å². The fraction of sp³-hybridized carbons (Fsp3) is 0.0133. The summed E-state index contributed by atoms with van der Waals surface area (Å²) >= 11 is 0. The van der Waals surface area contributed by atoms with Gasteiger partial charge in [-0.3, -0.25) is 0 Å². The molecule has 13 aromatic carbocycles. The first-order valence-corrected chi connectivity index (χ1v) is 26.3. The van der Waals surface area contributed by atoms with Gasteiger partial charge in [0.05, 0.1) is 16.8 Å². The van der Waals surface area contributed by atoms with Gasteiger partial charge in [0, 0.05) is 16.8 Å². The van der Waals surface area contributed by atoms with E-state index in [1.54, 1.807) is 0 Å². The van der Waals surface area contributed by atoms with Crippen molar-refractivity contribution in [3.8, 4) is 66.8 Å². The second-order valence-electron chi connectivity index (χ2n) is 19.9. The van der Waals surface area contributed by atoms with E-state index in [4.69, 9.17) is 0 Å². The monoisotopic (exact) mass is 965 g/mol. The van der Waals surface area contributed by atoms with Gasteiger partial charge in [-0.25, -0.2) is 0 Å². The standard InChI is InChI=1S/C75H51N/c1-7-24-52(25-8-1)58-45-49-70(66(50-58)54-26-9-2-10-27-54)76(71-41-23-40-69-74(71)65-38-21-22-39-68(65)75(69,59-32-15-5-16-33-59)60-34-17-6-18-35-60)61-46-42-53(43-47-61)57-44-48-63-62-36-19-20-37-64(62)72(55-28-11-3-12-29-55)73(67(63)51-57)56-30-13-4-14-31-56/h1-51H. The Labute approximate surface area is 444 Å². The number of nitrogens with zero attached hydrogens (tertiary/aromatic N) is 1. The maximum absolute atomic E-state index is 2.52. The minimum absolute atomic E-state index is 0.556. The van der Waals surface area contributed by atoms with Crippen LogP contribution in [0.5, 0.6) is 0 Å². The molecule has 13 aromatic rings. The summed E-state index contributed by atoms with van der Waals surface area (Å²) in [6, 6.07) is 114. The van der Waals surface area contributed by atoms with Crippen molar-refractivity contribution in [2.75, 3.05) is 4.90 Å². The van der Waals surface area contributed by atoms with Gasteiger partial charge in [0.15, 0.2) is 0 Å². The van der Waals surface area contributed by atoms with Crippen LogP contribution in [0.2, 0.25) is 0 Å². The lowest BCUT2D eigenvalue weighted by Crippen LogP contribution is -2.28. The highest BCUT2D eigenvalue weighted by atomic mass is 15.1. The zero-order chi connectivity index (χ0) is 50.4. The lowest BCUT2D eigenvalue weighted by atomic mass is 9.68. The highest BCUT2D eigenvalue weighted by molar-refractivity contribution is 6.22. The first-order chi connectivity index (χ1) is 37.7. The molecule has 0 N–H and O–H groups in total. The number of fused-ring (bicyclic) bond motifs is 6. The molecule has 0 saturated carbocycles. The molecule has 0 spiro atoms. The number of anilines is 3. The van der Waals surface area contributed by atoms with E-state index in [2.05, 4.69) is 314 Å². The summed E-state index contributed by atoms with van der Waals surface area (Å²) in [5.41, 5.74) is 22.1. The molecule has 1 aliphatic rings. The van der Waals surface area contributed by atoms with Gasteiger partial charge in [-0.05, 0) is 136 Å². The van der Waals surface area contributed by atoms with E-state index in [0.717, 1.165) is 33.8 Å². The quantitative estimate of drug-likeness (QED) is 0.123. The molecule has 1 nitrogen and oxygen atoms in total. The third kappa shape index (κ3) is 7.39. The summed E-state index contributed by atoms with van der Waals surface area (Å²) in [6.45, 7) is 0. The van der Waals surface area contributed by atoms with Crippen molar-refractivity contribution in [1.29, 1.82) is 0 Å². The van der Waals surface area contributed by atoms with Crippen LogP contribution in [-0.2, 0) is 5.41 Å². The van der Waals surface area contributed by atoms with Crippen molar-refractivity contribution in [1.82, 2.24) is 0 Å². The summed E-state index contributed by atoms with van der Waals surface area (Å²) in [6.07, 6.45) is 0. The van der Waals surface area contributed by atoms with Gasteiger partial charge in [0.1, 0.15) is 0 Å². The Morgan fingerprint density at radius 2 is 0.671 bits per heavy atom. The lowest BCUT2D eigenvalue weighted by molar-refractivity contribution is 0.768. The van der Waals surface area contributed by atoms with Crippen molar-refractivity contribution in [3.05, 3.63) is 332 Å². The lowest BCUT2D eigenvalue weighted by Gasteiger charge is -2.34. The van der Waals surface area contributed by atoms with Crippen LogP contribution in [-0.4, -0.2) is 0 Å². The Morgan fingerprint density at radius 3 is 1.30 bits per heavy atom. The molecule has 0 atom stereocenters. The van der Waals surface area contributed by atoms with Crippen LogP contribution in [0.15, 0.2) is 309 Å². The fourth-order valence-corrected chi connectivity index (χ4v) is 12.4. The third-order valence-corrected chi connectivity index (χ3v) is 15.7. The first-order valence-electron chi connectivity index (χ1n) is 26.3. The predicted molar refractivity (Wildman–Crippen MR) is 321 cm³/mol. The van der Waals surface area contributed by atoms with Crippen LogP contribution in [0.3, 0.4) is 0 Å².